The van der Waals surface area contributed by atoms with Crippen LogP contribution in [-0.2, 0) is 16.4 Å². The maximum atomic E-state index is 13.3. The number of nitrogens with zero attached hydrogens (tertiary/aromatic N) is 5. The third-order valence-corrected chi connectivity index (χ3v) is 8.34. The van der Waals surface area contributed by atoms with Crippen molar-refractivity contribution in [1.82, 2.24) is 20.2 Å². The predicted molar refractivity (Wildman–Crippen MR) is 151 cm³/mol. The molecule has 0 radical (unpaired) electrons. The van der Waals surface area contributed by atoms with Crippen LogP contribution in [0.1, 0.15) is 16.8 Å². The van der Waals surface area contributed by atoms with E-state index in [0.29, 0.717) is 39.6 Å². The number of aromatic amines is 1. The second-order valence-corrected chi connectivity index (χ2v) is 11.5. The Bertz CT molecular complexity index is 1900. The zero-order chi connectivity index (χ0) is 28.3. The molecule has 0 aliphatic carbocycles. The summed E-state index contributed by atoms with van der Waals surface area (Å²) in [5.41, 5.74) is 2.75. The summed E-state index contributed by atoms with van der Waals surface area (Å²) in [5, 5.41) is 29.5. The summed E-state index contributed by atoms with van der Waals surface area (Å²) < 4.78 is 29.0. The molecule has 200 valence electrons. The van der Waals surface area contributed by atoms with Crippen molar-refractivity contribution in [3.63, 3.8) is 0 Å². The lowest BCUT2D eigenvalue weighted by Gasteiger charge is -2.10. The number of aryl methyl sites for hydroxylation is 2. The molecule has 3 aromatic heterocycles. The molecule has 11 nitrogen and oxygen atoms in total. The summed E-state index contributed by atoms with van der Waals surface area (Å²) in [6, 6.07) is 20.8. The zero-order valence-corrected chi connectivity index (χ0v) is 22.7. The standard InChI is InChI=1S/C27H21N7O4S2/c1-17-6-9-24(23(14-17)34(35)36)40(37,38)33-26-25(22-15-18(16-28)10-12-29-22)27(32-31-26)39-13-11-20-8-7-19-4-2-3-5-21(19)30-20/h2-10,12,14-15H,11,13H2,1H3,(H2,31,32,33). The highest BCUT2D eigenvalue weighted by Crippen LogP contribution is 2.37. The predicted octanol–water partition coefficient (Wildman–Crippen LogP) is 5.24. The fourth-order valence-corrected chi connectivity index (χ4v) is 6.21. The molecule has 0 amide bonds. The van der Waals surface area contributed by atoms with Gasteiger partial charge < -0.3 is 0 Å². The van der Waals surface area contributed by atoms with Gasteiger partial charge in [0.2, 0.25) is 0 Å². The Hall–Kier alpha value is -4.80. The smallest absolute Gasteiger partial charge is 0.263 e. The summed E-state index contributed by atoms with van der Waals surface area (Å²) in [5.74, 6) is 0.542. The number of para-hydroxylation sites is 1. The summed E-state index contributed by atoms with van der Waals surface area (Å²) in [7, 11) is -4.40. The van der Waals surface area contributed by atoms with Crippen molar-refractivity contribution in [1.29, 1.82) is 5.26 Å². The van der Waals surface area contributed by atoms with Crippen LogP contribution in [0.2, 0.25) is 0 Å². The molecule has 0 atom stereocenters. The van der Waals surface area contributed by atoms with Gasteiger partial charge in [0.15, 0.2) is 4.90 Å². The van der Waals surface area contributed by atoms with E-state index in [1.807, 2.05) is 42.5 Å². The number of nitriles is 1. The van der Waals surface area contributed by atoms with Crippen molar-refractivity contribution in [2.75, 3.05) is 10.5 Å². The normalized spacial score (nSPS) is 11.3. The first-order chi connectivity index (χ1) is 19.2. The topological polar surface area (TPSA) is 168 Å². The average molecular weight is 572 g/mol. The number of thioether (sulfide) groups is 1. The van der Waals surface area contributed by atoms with Gasteiger partial charge in [0.25, 0.3) is 15.7 Å². The Morgan fingerprint density at radius 3 is 2.75 bits per heavy atom. The van der Waals surface area contributed by atoms with Crippen molar-refractivity contribution in [2.24, 2.45) is 0 Å². The fourth-order valence-electron chi connectivity index (χ4n) is 4.06. The highest BCUT2D eigenvalue weighted by atomic mass is 32.2. The van der Waals surface area contributed by atoms with Crippen LogP contribution in [0.15, 0.2) is 82.8 Å². The monoisotopic (exact) mass is 571 g/mol. The number of rotatable bonds is 9. The Morgan fingerprint density at radius 1 is 1.12 bits per heavy atom. The molecule has 40 heavy (non-hydrogen) atoms. The SMILES string of the molecule is Cc1ccc(S(=O)(=O)Nc2[nH]nc(SCCc3ccc4ccccc4n3)c2-c2cc(C#N)ccn2)c([N+](=O)[O-])c1. The third-order valence-electron chi connectivity index (χ3n) is 5.97. The Morgan fingerprint density at radius 2 is 1.95 bits per heavy atom. The van der Waals surface area contributed by atoms with E-state index < -0.39 is 25.5 Å². The quantitative estimate of drug-likeness (QED) is 0.136. The lowest BCUT2D eigenvalue weighted by atomic mass is 10.1. The molecule has 2 aromatic carbocycles. The van der Waals surface area contributed by atoms with Gasteiger partial charge in [0, 0.05) is 29.1 Å². The number of nitro benzene ring substituents is 1. The van der Waals surface area contributed by atoms with Crippen molar-refractivity contribution < 1.29 is 13.3 Å². The zero-order valence-electron chi connectivity index (χ0n) is 21.0. The number of anilines is 1. The van der Waals surface area contributed by atoms with E-state index in [2.05, 4.69) is 24.9 Å². The molecule has 0 aliphatic heterocycles. The Kier molecular flexibility index (Phi) is 7.45. The molecule has 0 spiro atoms. The minimum Gasteiger partial charge on any atom is -0.263 e. The Balaban J connectivity index is 1.47. The first-order valence-corrected chi connectivity index (χ1v) is 14.4. The van der Waals surface area contributed by atoms with Gasteiger partial charge in [-0.15, -0.1) is 11.8 Å². The highest BCUT2D eigenvalue weighted by Gasteiger charge is 2.29. The van der Waals surface area contributed by atoms with E-state index in [-0.39, 0.29) is 5.82 Å². The van der Waals surface area contributed by atoms with Gasteiger partial charge in [-0.25, -0.2) is 8.42 Å². The second kappa shape index (κ2) is 11.1. The number of fused-ring (bicyclic) bond motifs is 1. The molecular weight excluding hydrogens is 550 g/mol. The first kappa shape index (κ1) is 26.8. The van der Waals surface area contributed by atoms with E-state index in [1.165, 1.54) is 48.3 Å². The van der Waals surface area contributed by atoms with Gasteiger partial charge >= 0.3 is 0 Å². The van der Waals surface area contributed by atoms with Gasteiger partial charge in [-0.05, 0) is 49.2 Å². The molecule has 0 saturated heterocycles. The number of benzene rings is 2. The van der Waals surface area contributed by atoms with Gasteiger partial charge in [0.05, 0.1) is 33.3 Å². The van der Waals surface area contributed by atoms with Crippen molar-refractivity contribution in [3.8, 4) is 17.3 Å². The molecule has 13 heteroatoms. The summed E-state index contributed by atoms with van der Waals surface area (Å²) >= 11 is 1.36. The van der Waals surface area contributed by atoms with Gasteiger partial charge in [0.1, 0.15) is 10.8 Å². The van der Waals surface area contributed by atoms with E-state index >= 15 is 0 Å². The lowest BCUT2D eigenvalue weighted by molar-refractivity contribution is -0.387. The van der Waals surface area contributed by atoms with Crippen LogP contribution in [0.25, 0.3) is 22.2 Å². The molecule has 5 rings (SSSR count). The summed E-state index contributed by atoms with van der Waals surface area (Å²) in [6.07, 6.45) is 2.06. The number of nitro groups is 1. The number of hydrogen-bond donors (Lipinski definition) is 2. The minimum absolute atomic E-state index is 0.0243. The molecule has 0 fully saturated rings. The number of H-pyrrole nitrogens is 1. The third kappa shape index (κ3) is 5.63. The molecule has 0 saturated carbocycles. The van der Waals surface area contributed by atoms with Crippen LogP contribution in [0.5, 0.6) is 0 Å². The molecule has 5 aromatic rings. The molecule has 0 unspecified atom stereocenters. The second-order valence-electron chi connectivity index (χ2n) is 8.75. The highest BCUT2D eigenvalue weighted by molar-refractivity contribution is 7.99. The van der Waals surface area contributed by atoms with Crippen molar-refractivity contribution in [3.05, 3.63) is 99.9 Å². The van der Waals surface area contributed by atoms with Crippen LogP contribution >= 0.6 is 11.8 Å². The van der Waals surface area contributed by atoms with E-state index in [0.717, 1.165) is 16.6 Å². The molecule has 0 aliphatic rings. The van der Waals surface area contributed by atoms with Crippen molar-refractivity contribution in [2.45, 2.75) is 23.3 Å². The maximum absolute atomic E-state index is 13.3. The van der Waals surface area contributed by atoms with Crippen LogP contribution < -0.4 is 4.72 Å². The van der Waals surface area contributed by atoms with E-state index in [4.69, 9.17) is 0 Å². The molecule has 3 heterocycles. The van der Waals surface area contributed by atoms with Crippen LogP contribution in [-0.4, -0.2) is 39.3 Å². The van der Waals surface area contributed by atoms with Crippen LogP contribution in [0.4, 0.5) is 11.5 Å². The summed E-state index contributed by atoms with van der Waals surface area (Å²) in [4.78, 5) is 19.4. The molecular formula is C27H21N7O4S2. The fraction of sp³-hybridized carbons (Fsp3) is 0.111. The van der Waals surface area contributed by atoms with Crippen LogP contribution in [0, 0.1) is 28.4 Å². The number of aromatic nitrogens is 4. The van der Waals surface area contributed by atoms with E-state index in [1.54, 1.807) is 6.92 Å². The Labute approximate surface area is 233 Å². The number of nitrogens with one attached hydrogen (secondary N) is 2. The van der Waals surface area contributed by atoms with Crippen LogP contribution in [0.3, 0.4) is 0 Å². The van der Waals surface area contributed by atoms with E-state index in [9.17, 15) is 23.8 Å². The number of pyridine rings is 2. The van der Waals surface area contributed by atoms with Gasteiger partial charge in [-0.1, -0.05) is 30.3 Å². The average Bonchev–Trinajstić information content (AvgIpc) is 3.34. The number of sulfonamides is 1. The minimum atomic E-state index is -4.40. The molecule has 0 bridgehead atoms. The van der Waals surface area contributed by atoms with Gasteiger partial charge in [-0.2, -0.15) is 10.4 Å². The first-order valence-electron chi connectivity index (χ1n) is 12.0. The summed E-state index contributed by atoms with van der Waals surface area (Å²) in [6.45, 7) is 1.63. The largest absolute Gasteiger partial charge is 0.290 e. The molecule has 2 N–H and O–H groups in total. The lowest BCUT2D eigenvalue weighted by Crippen LogP contribution is -2.15. The van der Waals surface area contributed by atoms with Crippen molar-refractivity contribution >= 4 is 44.2 Å². The maximum Gasteiger partial charge on any atom is 0.290 e. The van der Waals surface area contributed by atoms with Gasteiger partial charge in [-0.3, -0.25) is 29.9 Å². The number of hydrogen-bond acceptors (Lipinski definition) is 9.